The van der Waals surface area contributed by atoms with Crippen molar-refractivity contribution < 1.29 is 24.8 Å². The van der Waals surface area contributed by atoms with Crippen LogP contribution < -0.4 is 0 Å². The highest BCUT2D eigenvalue weighted by Gasteiger charge is 2.50. The van der Waals surface area contributed by atoms with E-state index in [2.05, 4.69) is 0 Å². The zero-order chi connectivity index (χ0) is 12.3. The predicted octanol–water partition coefficient (Wildman–Crippen LogP) is 0.171. The van der Waals surface area contributed by atoms with Crippen molar-refractivity contribution in [3.05, 3.63) is 9.66 Å². The Morgan fingerprint density at radius 3 is 2.56 bits per heavy atom. The maximum Gasteiger partial charge on any atom is 0.156 e. The van der Waals surface area contributed by atoms with Crippen LogP contribution in [0.25, 0.3) is 0 Å². The summed E-state index contributed by atoms with van der Waals surface area (Å²) in [5, 5.41) is 28.8. The summed E-state index contributed by atoms with van der Waals surface area (Å²) in [6.07, 6.45) is -1.28. The highest BCUT2D eigenvalue weighted by Crippen LogP contribution is 2.39. The average Bonchev–Trinajstić information content (AvgIpc) is 2.43. The van der Waals surface area contributed by atoms with Gasteiger partial charge in [-0.2, -0.15) is 0 Å². The van der Waals surface area contributed by atoms with Crippen LogP contribution in [-0.4, -0.2) is 52.6 Å². The van der Waals surface area contributed by atoms with Gasteiger partial charge >= 0.3 is 0 Å². The summed E-state index contributed by atoms with van der Waals surface area (Å²) in [5.74, 6) is 0. The van der Waals surface area contributed by atoms with E-state index in [0.29, 0.717) is 10.2 Å². The van der Waals surface area contributed by atoms with Crippen LogP contribution >= 0.6 is 22.6 Å². The lowest BCUT2D eigenvalue weighted by Crippen LogP contribution is -2.51. The lowest BCUT2D eigenvalue weighted by Gasteiger charge is -2.35. The maximum absolute atomic E-state index is 9.85. The van der Waals surface area contributed by atoms with Crippen LogP contribution in [0.3, 0.4) is 0 Å². The largest absolute Gasteiger partial charge is 0.393 e. The van der Waals surface area contributed by atoms with Crippen molar-refractivity contribution in [3.8, 4) is 0 Å². The second kappa shape index (κ2) is 5.74. The minimum absolute atomic E-state index is 0.405. The van der Waals surface area contributed by atoms with Crippen molar-refractivity contribution in [2.45, 2.75) is 37.9 Å². The van der Waals surface area contributed by atoms with Gasteiger partial charge in [0.2, 0.25) is 0 Å². The molecule has 1 rings (SSSR count). The molecule has 0 bridgehead atoms. The van der Waals surface area contributed by atoms with E-state index in [0.717, 1.165) is 0 Å². The van der Waals surface area contributed by atoms with Crippen LogP contribution in [0, 0.1) is 0 Å². The zero-order valence-electron chi connectivity index (χ0n) is 9.26. The quantitative estimate of drug-likeness (QED) is 0.490. The number of ether oxygens (including phenoxy) is 2. The smallest absolute Gasteiger partial charge is 0.156 e. The summed E-state index contributed by atoms with van der Waals surface area (Å²) in [7, 11) is 0. The van der Waals surface area contributed by atoms with Crippen LogP contribution in [-0.2, 0) is 9.47 Å². The van der Waals surface area contributed by atoms with Gasteiger partial charge in [0.1, 0.15) is 12.2 Å². The minimum Gasteiger partial charge on any atom is -0.393 e. The maximum atomic E-state index is 9.85. The Bertz CT molecular complexity index is 270. The number of aliphatic hydroxyl groups excluding tert-OH is 3. The van der Waals surface area contributed by atoms with Crippen molar-refractivity contribution in [2.75, 3.05) is 13.2 Å². The summed E-state index contributed by atoms with van der Waals surface area (Å²) < 4.78 is 11.3. The molecule has 0 fully saturated rings. The molecule has 4 atom stereocenters. The molecule has 0 saturated heterocycles. The molecule has 1 aliphatic carbocycles. The first-order chi connectivity index (χ1) is 7.47. The standard InChI is InChI=1S/C10H17IO5/c1-3-15-6(2)16-10(5-12)8(11)4-7(13)9(10)14/h4,6-7,9,12-14H,3,5H2,1-2H3/t6?,7-,9+,10-/m0/s1. The monoisotopic (exact) mass is 344 g/mol. The first kappa shape index (κ1) is 14.3. The second-order valence-electron chi connectivity index (χ2n) is 3.64. The number of hydrogen-bond acceptors (Lipinski definition) is 5. The highest BCUT2D eigenvalue weighted by atomic mass is 127. The van der Waals surface area contributed by atoms with Gasteiger partial charge in [0.05, 0.1) is 6.61 Å². The molecule has 0 amide bonds. The molecule has 0 aliphatic heterocycles. The molecule has 0 heterocycles. The van der Waals surface area contributed by atoms with Crippen LogP contribution in [0.2, 0.25) is 0 Å². The third-order valence-corrected chi connectivity index (χ3v) is 3.81. The van der Waals surface area contributed by atoms with Gasteiger partial charge in [-0.05, 0) is 42.5 Å². The summed E-state index contributed by atoms with van der Waals surface area (Å²) in [5.41, 5.74) is -1.27. The normalized spacial score (nSPS) is 36.2. The Kier molecular flexibility index (Phi) is 5.14. The van der Waals surface area contributed by atoms with Gasteiger partial charge < -0.3 is 24.8 Å². The van der Waals surface area contributed by atoms with Crippen molar-refractivity contribution in [2.24, 2.45) is 0 Å². The van der Waals surface area contributed by atoms with Gasteiger partial charge in [0.25, 0.3) is 0 Å². The van der Waals surface area contributed by atoms with E-state index in [1.165, 1.54) is 6.08 Å². The van der Waals surface area contributed by atoms with Crippen LogP contribution in [0.1, 0.15) is 13.8 Å². The Morgan fingerprint density at radius 1 is 1.56 bits per heavy atom. The molecule has 16 heavy (non-hydrogen) atoms. The van der Waals surface area contributed by atoms with Crippen molar-refractivity contribution in [1.29, 1.82) is 0 Å². The summed E-state index contributed by atoms with van der Waals surface area (Å²) in [6.45, 7) is 3.58. The Balaban J connectivity index is 2.81. The SMILES string of the molecule is CCOC(C)O[C@@]1(CO)C(I)=C[C@H](O)[C@H]1O. The molecule has 5 nitrogen and oxygen atoms in total. The molecule has 0 saturated carbocycles. The minimum atomic E-state index is -1.27. The fourth-order valence-electron chi connectivity index (χ4n) is 1.70. The Hall–Kier alpha value is 0.270. The molecule has 6 heteroatoms. The van der Waals surface area contributed by atoms with Crippen molar-refractivity contribution in [3.63, 3.8) is 0 Å². The summed E-state index contributed by atoms with van der Waals surface area (Å²) >= 11 is 1.94. The van der Waals surface area contributed by atoms with Gasteiger partial charge in [-0.25, -0.2) is 0 Å². The molecular weight excluding hydrogens is 327 g/mol. The number of halogens is 1. The molecule has 94 valence electrons. The van der Waals surface area contributed by atoms with Crippen LogP contribution in [0.4, 0.5) is 0 Å². The lowest BCUT2D eigenvalue weighted by molar-refractivity contribution is -0.227. The first-order valence-corrected chi connectivity index (χ1v) is 6.20. The molecule has 1 unspecified atom stereocenters. The van der Waals surface area contributed by atoms with E-state index in [-0.39, 0.29) is 0 Å². The number of aliphatic hydroxyl groups is 3. The molecule has 3 N–H and O–H groups in total. The van der Waals surface area contributed by atoms with Gasteiger partial charge in [0.15, 0.2) is 11.9 Å². The molecule has 0 spiro atoms. The van der Waals surface area contributed by atoms with Gasteiger partial charge in [0, 0.05) is 10.2 Å². The topological polar surface area (TPSA) is 79.2 Å². The van der Waals surface area contributed by atoms with Crippen LogP contribution in [0.15, 0.2) is 9.66 Å². The van der Waals surface area contributed by atoms with E-state index in [4.69, 9.17) is 9.47 Å². The van der Waals surface area contributed by atoms with Crippen molar-refractivity contribution in [1.82, 2.24) is 0 Å². The average molecular weight is 344 g/mol. The Labute approximate surface area is 108 Å². The predicted molar refractivity (Wildman–Crippen MR) is 66.1 cm³/mol. The van der Waals surface area contributed by atoms with Gasteiger partial charge in [-0.1, -0.05) is 0 Å². The van der Waals surface area contributed by atoms with E-state index in [1.807, 2.05) is 29.5 Å². The van der Waals surface area contributed by atoms with Crippen LogP contribution in [0.5, 0.6) is 0 Å². The first-order valence-electron chi connectivity index (χ1n) is 5.12. The number of hydrogen-bond donors (Lipinski definition) is 3. The molecular formula is C10H17IO5. The molecule has 0 radical (unpaired) electrons. The van der Waals surface area contributed by atoms with Gasteiger partial charge in [-0.3, -0.25) is 0 Å². The van der Waals surface area contributed by atoms with E-state index >= 15 is 0 Å². The zero-order valence-corrected chi connectivity index (χ0v) is 11.4. The third-order valence-electron chi connectivity index (χ3n) is 2.54. The molecule has 0 aromatic rings. The van der Waals surface area contributed by atoms with E-state index in [1.54, 1.807) is 6.92 Å². The van der Waals surface area contributed by atoms with Gasteiger partial charge in [-0.15, -0.1) is 0 Å². The summed E-state index contributed by atoms with van der Waals surface area (Å²) in [6, 6.07) is 0. The third kappa shape index (κ3) is 2.57. The Morgan fingerprint density at radius 2 is 2.19 bits per heavy atom. The highest BCUT2D eigenvalue weighted by molar-refractivity contribution is 14.1. The number of rotatable bonds is 5. The van der Waals surface area contributed by atoms with E-state index < -0.39 is 30.7 Å². The molecule has 0 aromatic heterocycles. The second-order valence-corrected chi connectivity index (χ2v) is 4.80. The molecule has 0 aromatic carbocycles. The fraction of sp³-hybridized carbons (Fsp3) is 0.800. The lowest BCUT2D eigenvalue weighted by atomic mass is 10.0. The molecule has 1 aliphatic rings. The van der Waals surface area contributed by atoms with Crippen molar-refractivity contribution >= 4 is 22.6 Å². The summed E-state index contributed by atoms with van der Waals surface area (Å²) in [4.78, 5) is 0. The van der Waals surface area contributed by atoms with E-state index in [9.17, 15) is 15.3 Å². The fourth-order valence-corrected chi connectivity index (χ4v) is 2.68.